The molecule has 0 bridgehead atoms. The number of para-hydroxylation sites is 1. The number of aromatic carboxylic acids is 1. The largest absolute Gasteiger partial charge is 0.507 e. The Labute approximate surface area is 216 Å². The van der Waals surface area contributed by atoms with Crippen LogP contribution in [0.5, 0.6) is 5.75 Å². The van der Waals surface area contributed by atoms with Crippen LogP contribution in [0.4, 0.5) is 5.13 Å². The number of carboxylic acids is 1. The van der Waals surface area contributed by atoms with Crippen molar-refractivity contribution in [2.45, 2.75) is 37.7 Å². The highest BCUT2D eigenvalue weighted by atomic mass is 32.1. The summed E-state index contributed by atoms with van der Waals surface area (Å²) in [5, 5.41) is 49.1. The van der Waals surface area contributed by atoms with E-state index >= 15 is 0 Å². The second-order valence-electron chi connectivity index (χ2n) is 7.86. The Bertz CT molecular complexity index is 1130. The Morgan fingerprint density at radius 1 is 1.27 bits per heavy atom. The smallest absolute Gasteiger partial charge is 0.475 e. The fourth-order valence-electron chi connectivity index (χ4n) is 3.21. The SMILES string of the molecule is CON=C(C(=O)N[C@@H](Cc1cccc(C(=O)O)c1O)B(O)O)c1csc(NC(=O)C(N)CCCCN)n1. The van der Waals surface area contributed by atoms with Crippen LogP contribution in [0.3, 0.4) is 0 Å². The predicted molar refractivity (Wildman–Crippen MR) is 136 cm³/mol. The van der Waals surface area contributed by atoms with Crippen molar-refractivity contribution in [2.24, 2.45) is 16.6 Å². The number of thiazole rings is 1. The zero-order valence-electron chi connectivity index (χ0n) is 20.0. The lowest BCUT2D eigenvalue weighted by atomic mass is 9.75. The number of nitrogens with two attached hydrogens (primary N) is 2. The number of unbranched alkanes of at least 4 members (excludes halogenated alkanes) is 1. The minimum absolute atomic E-state index is 0.0262. The van der Waals surface area contributed by atoms with E-state index in [1.807, 2.05) is 0 Å². The number of carbonyl (C=O) groups is 3. The van der Waals surface area contributed by atoms with Crippen LogP contribution in [-0.4, -0.2) is 81.5 Å². The summed E-state index contributed by atoms with van der Waals surface area (Å²) in [4.78, 5) is 45.4. The Balaban J connectivity index is 2.15. The number of amides is 2. The van der Waals surface area contributed by atoms with E-state index in [0.717, 1.165) is 17.8 Å². The van der Waals surface area contributed by atoms with Crippen LogP contribution in [0.2, 0.25) is 0 Å². The predicted octanol–water partition coefficient (Wildman–Crippen LogP) is -0.968. The highest BCUT2D eigenvalue weighted by molar-refractivity contribution is 7.14. The van der Waals surface area contributed by atoms with E-state index in [0.29, 0.717) is 19.4 Å². The van der Waals surface area contributed by atoms with Crippen LogP contribution >= 0.6 is 11.3 Å². The Hall–Kier alpha value is -3.57. The van der Waals surface area contributed by atoms with Crippen LogP contribution in [0.1, 0.15) is 40.9 Å². The molecule has 10 N–H and O–H groups in total. The number of hydrogen-bond donors (Lipinski definition) is 8. The number of phenols is 1. The summed E-state index contributed by atoms with van der Waals surface area (Å²) >= 11 is 1.01. The molecule has 0 saturated carbocycles. The summed E-state index contributed by atoms with van der Waals surface area (Å²) in [5.74, 6) is -4.67. The Morgan fingerprint density at radius 3 is 2.62 bits per heavy atom. The van der Waals surface area contributed by atoms with Gasteiger partial charge in [-0.2, -0.15) is 0 Å². The summed E-state index contributed by atoms with van der Waals surface area (Å²) in [7, 11) is -0.886. The lowest BCUT2D eigenvalue weighted by Crippen LogP contribution is -2.50. The number of aromatic nitrogens is 1. The molecule has 0 radical (unpaired) electrons. The molecule has 2 rings (SSSR count). The molecule has 14 nitrogen and oxygen atoms in total. The van der Waals surface area contributed by atoms with Crippen LogP contribution in [0.15, 0.2) is 28.7 Å². The maximum Gasteiger partial charge on any atom is 0.475 e. The van der Waals surface area contributed by atoms with Crippen molar-refractivity contribution in [2.75, 3.05) is 19.0 Å². The fraction of sp³-hybridized carbons (Fsp3) is 0.381. The molecule has 0 aliphatic heterocycles. The molecular weight excluding hydrogens is 507 g/mol. The maximum absolute atomic E-state index is 12.9. The van der Waals surface area contributed by atoms with Gasteiger partial charge in [0.15, 0.2) is 10.8 Å². The third-order valence-corrected chi connectivity index (χ3v) is 5.90. The molecule has 37 heavy (non-hydrogen) atoms. The van der Waals surface area contributed by atoms with Gasteiger partial charge in [-0.1, -0.05) is 23.7 Å². The number of carbonyl (C=O) groups excluding carboxylic acids is 2. The zero-order chi connectivity index (χ0) is 27.5. The molecule has 1 aromatic carbocycles. The zero-order valence-corrected chi connectivity index (χ0v) is 20.8. The standard InChI is InChI=1S/C21H29BN6O8S/c1-36-28-16(14-10-37-21(25-14)27-18(30)13(24)7-2-3-8-23)19(31)26-15(22(34)35)9-11-5-4-6-12(17(11)29)20(32)33/h4-6,10,13,15,29,34-35H,2-3,7-9,23-24H2,1H3,(H,26,31)(H,32,33)(H,25,27,30)/t13?,15-/m0/s1. The number of nitrogens with one attached hydrogen (secondary N) is 2. The molecule has 16 heteroatoms. The van der Waals surface area contributed by atoms with Gasteiger partial charge in [0.05, 0.1) is 12.0 Å². The molecule has 0 aliphatic rings. The molecule has 2 aromatic rings. The molecule has 200 valence electrons. The van der Waals surface area contributed by atoms with Crippen LogP contribution in [0.25, 0.3) is 0 Å². The molecule has 0 saturated heterocycles. The van der Waals surface area contributed by atoms with Crippen LogP contribution in [0, 0.1) is 0 Å². The van der Waals surface area contributed by atoms with Crippen LogP contribution in [-0.2, 0) is 20.8 Å². The monoisotopic (exact) mass is 536 g/mol. The molecule has 1 aromatic heterocycles. The Kier molecular flexibility index (Phi) is 11.4. The first-order valence-electron chi connectivity index (χ1n) is 11.1. The first-order chi connectivity index (χ1) is 17.6. The third-order valence-electron chi connectivity index (χ3n) is 5.15. The molecule has 1 heterocycles. The minimum atomic E-state index is -2.08. The van der Waals surface area contributed by atoms with E-state index < -0.39 is 42.6 Å². The number of nitrogens with zero attached hydrogens (tertiary/aromatic N) is 2. The lowest BCUT2D eigenvalue weighted by Gasteiger charge is -2.19. The van der Waals surface area contributed by atoms with Gasteiger partial charge in [-0.05, 0) is 37.4 Å². The van der Waals surface area contributed by atoms with E-state index in [1.165, 1.54) is 30.7 Å². The van der Waals surface area contributed by atoms with Gasteiger partial charge in [0.1, 0.15) is 24.1 Å². The Morgan fingerprint density at radius 2 is 2.00 bits per heavy atom. The summed E-state index contributed by atoms with van der Waals surface area (Å²) < 4.78 is 0. The number of aromatic hydroxyl groups is 1. The summed E-state index contributed by atoms with van der Waals surface area (Å²) in [6, 6.07) is 3.16. The maximum atomic E-state index is 12.9. The van der Waals surface area contributed by atoms with Gasteiger partial charge in [-0.25, -0.2) is 9.78 Å². The number of oxime groups is 1. The van der Waals surface area contributed by atoms with Gasteiger partial charge in [-0.3, -0.25) is 9.59 Å². The third kappa shape index (κ3) is 8.50. The highest BCUT2D eigenvalue weighted by Crippen LogP contribution is 2.24. The van der Waals surface area contributed by atoms with Crippen molar-refractivity contribution >= 4 is 47.1 Å². The van der Waals surface area contributed by atoms with Gasteiger partial charge in [-0.15, -0.1) is 11.3 Å². The lowest BCUT2D eigenvalue weighted by molar-refractivity contribution is -0.117. The summed E-state index contributed by atoms with van der Waals surface area (Å²) in [5.41, 5.74) is 10.7. The van der Waals surface area contributed by atoms with Crippen molar-refractivity contribution in [1.29, 1.82) is 0 Å². The van der Waals surface area contributed by atoms with Gasteiger partial charge in [0, 0.05) is 5.38 Å². The molecule has 1 unspecified atom stereocenters. The number of rotatable bonds is 14. The second kappa shape index (κ2) is 14.2. The van der Waals surface area contributed by atoms with E-state index in [-0.39, 0.29) is 34.1 Å². The quantitative estimate of drug-likeness (QED) is 0.0632. The van der Waals surface area contributed by atoms with Gasteiger partial charge >= 0.3 is 13.1 Å². The molecule has 2 atom stereocenters. The van der Waals surface area contributed by atoms with Crippen molar-refractivity contribution in [3.05, 3.63) is 40.4 Å². The fourth-order valence-corrected chi connectivity index (χ4v) is 3.90. The number of hydrogen-bond acceptors (Lipinski definition) is 12. The van der Waals surface area contributed by atoms with Gasteiger partial charge < -0.3 is 47.2 Å². The van der Waals surface area contributed by atoms with E-state index in [1.54, 1.807) is 0 Å². The summed E-state index contributed by atoms with van der Waals surface area (Å²) in [6.07, 6.45) is 1.55. The number of carboxylic acid groups (broad SMARTS) is 1. The average molecular weight is 536 g/mol. The van der Waals surface area contributed by atoms with E-state index in [9.17, 15) is 34.6 Å². The molecule has 2 amide bonds. The van der Waals surface area contributed by atoms with Crippen molar-refractivity contribution in [3.8, 4) is 5.75 Å². The van der Waals surface area contributed by atoms with Crippen LogP contribution < -0.4 is 22.1 Å². The minimum Gasteiger partial charge on any atom is -0.507 e. The highest BCUT2D eigenvalue weighted by Gasteiger charge is 2.30. The molecule has 0 aliphatic carbocycles. The normalized spacial score (nSPS) is 12.9. The van der Waals surface area contributed by atoms with Gasteiger partial charge in [0.2, 0.25) is 5.91 Å². The van der Waals surface area contributed by atoms with Crippen molar-refractivity contribution < 1.29 is 39.5 Å². The second-order valence-corrected chi connectivity index (χ2v) is 8.71. The van der Waals surface area contributed by atoms with Crippen molar-refractivity contribution in [3.63, 3.8) is 0 Å². The summed E-state index contributed by atoms with van der Waals surface area (Å²) in [6.45, 7) is 0.498. The topological polar surface area (TPSA) is 243 Å². The van der Waals surface area contributed by atoms with Crippen molar-refractivity contribution in [1.82, 2.24) is 10.3 Å². The van der Waals surface area contributed by atoms with Gasteiger partial charge in [0.25, 0.3) is 5.91 Å². The molecule has 0 spiro atoms. The first-order valence-corrected chi connectivity index (χ1v) is 12.0. The number of benzene rings is 1. The average Bonchev–Trinajstić information content (AvgIpc) is 3.30. The molecular formula is C21H29BN6O8S. The first kappa shape index (κ1) is 29.7. The molecule has 0 fully saturated rings. The van der Waals surface area contributed by atoms with E-state index in [2.05, 4.69) is 20.8 Å². The number of anilines is 1. The van der Waals surface area contributed by atoms with E-state index in [4.69, 9.17) is 16.3 Å².